The first-order chi connectivity index (χ1) is 12.0. The summed E-state index contributed by atoms with van der Waals surface area (Å²) >= 11 is 0. The lowest BCUT2D eigenvalue weighted by molar-refractivity contribution is 0.339. The van der Waals surface area contributed by atoms with E-state index < -0.39 is 10.0 Å². The van der Waals surface area contributed by atoms with Gasteiger partial charge in [0.15, 0.2) is 0 Å². The fourth-order valence-electron chi connectivity index (χ4n) is 2.75. The third kappa shape index (κ3) is 3.83. The molecule has 0 N–H and O–H groups in total. The molecule has 0 saturated carbocycles. The SMILES string of the molecule is CCOc1cccc(CN(C)S(=O)(=O)c2ccc3ccccc3c2)c1. The molecule has 0 atom stereocenters. The van der Waals surface area contributed by atoms with Gasteiger partial charge in [-0.3, -0.25) is 0 Å². The van der Waals surface area contributed by atoms with Crippen LogP contribution in [0.1, 0.15) is 12.5 Å². The highest BCUT2D eigenvalue weighted by atomic mass is 32.2. The van der Waals surface area contributed by atoms with E-state index in [1.54, 1.807) is 19.2 Å². The highest BCUT2D eigenvalue weighted by Gasteiger charge is 2.21. The summed E-state index contributed by atoms with van der Waals surface area (Å²) in [5.41, 5.74) is 0.887. The molecule has 3 aromatic carbocycles. The molecule has 0 unspecified atom stereocenters. The molecule has 0 aliphatic heterocycles. The first-order valence-corrected chi connectivity index (χ1v) is 9.61. The van der Waals surface area contributed by atoms with E-state index in [1.807, 2.05) is 61.5 Å². The minimum Gasteiger partial charge on any atom is -0.494 e. The highest BCUT2D eigenvalue weighted by Crippen LogP contribution is 2.23. The molecule has 0 aliphatic carbocycles. The minimum atomic E-state index is -3.56. The van der Waals surface area contributed by atoms with Gasteiger partial charge in [0.1, 0.15) is 5.75 Å². The first kappa shape index (κ1) is 17.5. The molecular weight excluding hydrogens is 334 g/mol. The molecule has 4 nitrogen and oxygen atoms in total. The Hall–Kier alpha value is -2.37. The van der Waals surface area contributed by atoms with Crippen LogP contribution in [0, 0.1) is 0 Å². The lowest BCUT2D eigenvalue weighted by atomic mass is 10.1. The molecule has 0 fully saturated rings. The van der Waals surface area contributed by atoms with Crippen LogP contribution in [-0.2, 0) is 16.6 Å². The Kier molecular flexibility index (Phi) is 5.06. The lowest BCUT2D eigenvalue weighted by Crippen LogP contribution is -2.26. The number of benzene rings is 3. The molecule has 0 spiro atoms. The van der Waals surface area contributed by atoms with Crippen molar-refractivity contribution < 1.29 is 13.2 Å². The fourth-order valence-corrected chi connectivity index (χ4v) is 3.95. The fraction of sp³-hybridized carbons (Fsp3) is 0.200. The van der Waals surface area contributed by atoms with Crippen LogP contribution in [0.25, 0.3) is 10.8 Å². The van der Waals surface area contributed by atoms with Crippen molar-refractivity contribution in [3.8, 4) is 5.75 Å². The molecule has 3 rings (SSSR count). The van der Waals surface area contributed by atoms with Gasteiger partial charge in [-0.1, -0.05) is 42.5 Å². The smallest absolute Gasteiger partial charge is 0.243 e. The van der Waals surface area contributed by atoms with E-state index in [1.165, 1.54) is 4.31 Å². The van der Waals surface area contributed by atoms with Crippen LogP contribution in [0.5, 0.6) is 5.75 Å². The van der Waals surface area contributed by atoms with Gasteiger partial charge in [-0.2, -0.15) is 4.31 Å². The Morgan fingerprint density at radius 3 is 2.44 bits per heavy atom. The van der Waals surface area contributed by atoms with Gasteiger partial charge in [0.05, 0.1) is 11.5 Å². The van der Waals surface area contributed by atoms with Gasteiger partial charge in [0, 0.05) is 13.6 Å². The maximum absolute atomic E-state index is 12.9. The predicted molar refractivity (Wildman–Crippen MR) is 100 cm³/mol. The summed E-state index contributed by atoms with van der Waals surface area (Å²) in [5.74, 6) is 0.747. The molecule has 130 valence electrons. The summed E-state index contributed by atoms with van der Waals surface area (Å²) in [6.45, 7) is 2.79. The van der Waals surface area contributed by atoms with Crippen LogP contribution in [0.3, 0.4) is 0 Å². The number of fused-ring (bicyclic) bond motifs is 1. The summed E-state index contributed by atoms with van der Waals surface area (Å²) in [4.78, 5) is 0.301. The number of hydrogen-bond donors (Lipinski definition) is 0. The highest BCUT2D eigenvalue weighted by molar-refractivity contribution is 7.89. The number of ether oxygens (including phenoxy) is 1. The van der Waals surface area contributed by atoms with Gasteiger partial charge in [-0.25, -0.2) is 8.42 Å². The van der Waals surface area contributed by atoms with Crippen molar-refractivity contribution in [2.24, 2.45) is 0 Å². The maximum Gasteiger partial charge on any atom is 0.243 e. The summed E-state index contributed by atoms with van der Waals surface area (Å²) in [6.07, 6.45) is 0. The van der Waals surface area contributed by atoms with E-state index in [4.69, 9.17) is 4.74 Å². The Morgan fingerprint density at radius 1 is 0.920 bits per heavy atom. The van der Waals surface area contributed by atoms with E-state index in [2.05, 4.69) is 0 Å². The average molecular weight is 355 g/mol. The largest absolute Gasteiger partial charge is 0.494 e. The Morgan fingerprint density at radius 2 is 1.68 bits per heavy atom. The van der Waals surface area contributed by atoms with Crippen LogP contribution in [0.2, 0.25) is 0 Å². The average Bonchev–Trinajstić information content (AvgIpc) is 2.62. The van der Waals surface area contributed by atoms with Crippen molar-refractivity contribution >= 4 is 20.8 Å². The monoisotopic (exact) mass is 355 g/mol. The normalized spacial score (nSPS) is 11.8. The molecular formula is C20H21NO3S. The van der Waals surface area contributed by atoms with Crippen molar-refractivity contribution in [1.82, 2.24) is 4.31 Å². The second-order valence-corrected chi connectivity index (χ2v) is 7.90. The van der Waals surface area contributed by atoms with Crippen molar-refractivity contribution in [1.29, 1.82) is 0 Å². The maximum atomic E-state index is 12.9. The molecule has 3 aromatic rings. The predicted octanol–water partition coefficient (Wildman–Crippen LogP) is 4.06. The number of nitrogens with zero attached hydrogens (tertiary/aromatic N) is 1. The zero-order valence-corrected chi connectivity index (χ0v) is 15.2. The Bertz CT molecular complexity index is 983. The van der Waals surface area contributed by atoms with Crippen molar-refractivity contribution in [3.63, 3.8) is 0 Å². The number of hydrogen-bond acceptors (Lipinski definition) is 3. The van der Waals surface area contributed by atoms with Gasteiger partial charge in [-0.05, 0) is 47.5 Å². The molecule has 0 bridgehead atoms. The Labute approximate surface area is 148 Å². The van der Waals surface area contributed by atoms with Crippen molar-refractivity contribution in [2.75, 3.05) is 13.7 Å². The quantitative estimate of drug-likeness (QED) is 0.670. The lowest BCUT2D eigenvalue weighted by Gasteiger charge is -2.18. The van der Waals surface area contributed by atoms with Crippen LogP contribution in [-0.4, -0.2) is 26.4 Å². The molecule has 5 heteroatoms. The van der Waals surface area contributed by atoms with E-state index in [0.29, 0.717) is 11.5 Å². The number of sulfonamides is 1. The van der Waals surface area contributed by atoms with Gasteiger partial charge in [-0.15, -0.1) is 0 Å². The summed E-state index contributed by atoms with van der Waals surface area (Å²) in [7, 11) is -1.97. The summed E-state index contributed by atoms with van der Waals surface area (Å²) in [6, 6.07) is 20.4. The topological polar surface area (TPSA) is 46.6 Å². The zero-order chi connectivity index (χ0) is 17.9. The summed E-state index contributed by atoms with van der Waals surface area (Å²) in [5, 5.41) is 1.93. The van der Waals surface area contributed by atoms with Gasteiger partial charge >= 0.3 is 0 Å². The van der Waals surface area contributed by atoms with E-state index in [-0.39, 0.29) is 6.54 Å². The third-order valence-corrected chi connectivity index (χ3v) is 5.84. The van der Waals surface area contributed by atoms with Gasteiger partial charge < -0.3 is 4.74 Å². The van der Waals surface area contributed by atoms with Crippen LogP contribution >= 0.6 is 0 Å². The standard InChI is InChI=1S/C20H21NO3S/c1-3-24-19-10-6-7-16(13-19)15-21(2)25(22,23)20-12-11-17-8-4-5-9-18(17)14-20/h4-14H,3,15H2,1-2H3. The van der Waals surface area contributed by atoms with Crippen molar-refractivity contribution in [3.05, 3.63) is 72.3 Å². The molecule has 0 saturated heterocycles. The minimum absolute atomic E-state index is 0.288. The first-order valence-electron chi connectivity index (χ1n) is 8.17. The van der Waals surface area contributed by atoms with Gasteiger partial charge in [0.2, 0.25) is 10.0 Å². The van der Waals surface area contributed by atoms with E-state index >= 15 is 0 Å². The van der Waals surface area contributed by atoms with Gasteiger partial charge in [0.25, 0.3) is 0 Å². The molecule has 0 amide bonds. The summed E-state index contributed by atoms with van der Waals surface area (Å²) < 4.78 is 32.6. The zero-order valence-electron chi connectivity index (χ0n) is 14.3. The van der Waals surface area contributed by atoms with E-state index in [9.17, 15) is 8.42 Å². The van der Waals surface area contributed by atoms with Crippen LogP contribution in [0.4, 0.5) is 0 Å². The van der Waals surface area contributed by atoms with E-state index in [0.717, 1.165) is 22.1 Å². The Balaban J connectivity index is 1.86. The van der Waals surface area contributed by atoms with Crippen LogP contribution < -0.4 is 4.74 Å². The second kappa shape index (κ2) is 7.25. The third-order valence-electron chi connectivity index (χ3n) is 4.04. The molecule has 0 radical (unpaired) electrons. The molecule has 0 aliphatic rings. The second-order valence-electron chi connectivity index (χ2n) is 5.85. The molecule has 0 heterocycles. The molecule has 0 aromatic heterocycles. The van der Waals surface area contributed by atoms with Crippen molar-refractivity contribution in [2.45, 2.75) is 18.4 Å². The van der Waals surface area contributed by atoms with Crippen LogP contribution in [0.15, 0.2) is 71.6 Å². The number of rotatable bonds is 6. The molecule has 25 heavy (non-hydrogen) atoms.